The summed E-state index contributed by atoms with van der Waals surface area (Å²) in [7, 11) is 0. The van der Waals surface area contributed by atoms with E-state index in [1.807, 2.05) is 6.07 Å². The van der Waals surface area contributed by atoms with E-state index in [1.54, 1.807) is 0 Å². The highest BCUT2D eigenvalue weighted by Gasteiger charge is 2.24. The largest absolute Gasteiger partial charge is 0.391 e. The van der Waals surface area contributed by atoms with E-state index in [1.165, 1.54) is 12.1 Å². The number of anilines is 1. The van der Waals surface area contributed by atoms with Gasteiger partial charge in [0.15, 0.2) is 0 Å². The molecule has 1 saturated carbocycles. The summed E-state index contributed by atoms with van der Waals surface area (Å²) in [5.41, 5.74) is 0.197. The smallest absolute Gasteiger partial charge is 0.319 e. The maximum atomic E-state index is 13.6. The van der Waals surface area contributed by atoms with Crippen molar-refractivity contribution in [3.8, 4) is 6.07 Å². The van der Waals surface area contributed by atoms with Gasteiger partial charge in [-0.25, -0.2) is 9.18 Å². The molecule has 1 aliphatic carbocycles. The third-order valence-corrected chi connectivity index (χ3v) is 3.39. The number of hydrogen-bond donors (Lipinski definition) is 3. The number of hydrogen-bond acceptors (Lipinski definition) is 3. The van der Waals surface area contributed by atoms with Crippen molar-refractivity contribution in [2.24, 2.45) is 0 Å². The Labute approximate surface area is 116 Å². The number of aliphatic hydroxyl groups is 1. The number of nitriles is 1. The van der Waals surface area contributed by atoms with E-state index in [0.29, 0.717) is 12.8 Å². The molecule has 0 saturated heterocycles. The van der Waals surface area contributed by atoms with Gasteiger partial charge < -0.3 is 15.7 Å². The minimum atomic E-state index is -0.664. The van der Waals surface area contributed by atoms with Gasteiger partial charge in [-0.1, -0.05) is 12.8 Å². The minimum absolute atomic E-state index is 0.00630. The lowest BCUT2D eigenvalue weighted by atomic mass is 9.93. The fourth-order valence-corrected chi connectivity index (χ4v) is 2.29. The van der Waals surface area contributed by atoms with Crippen molar-refractivity contribution >= 4 is 11.7 Å². The van der Waals surface area contributed by atoms with E-state index in [4.69, 9.17) is 5.26 Å². The molecule has 0 spiro atoms. The van der Waals surface area contributed by atoms with Gasteiger partial charge in [-0.05, 0) is 31.0 Å². The highest BCUT2D eigenvalue weighted by atomic mass is 19.1. The molecular weight excluding hydrogens is 261 g/mol. The molecule has 3 N–H and O–H groups in total. The molecule has 2 rings (SSSR count). The summed E-state index contributed by atoms with van der Waals surface area (Å²) in [5, 5.41) is 23.4. The van der Waals surface area contributed by atoms with Crippen LogP contribution >= 0.6 is 0 Å². The molecule has 20 heavy (non-hydrogen) atoms. The Kier molecular flexibility index (Phi) is 4.53. The quantitative estimate of drug-likeness (QED) is 0.774. The number of carbonyl (C=O) groups is 1. The van der Waals surface area contributed by atoms with Crippen molar-refractivity contribution in [1.82, 2.24) is 5.32 Å². The molecule has 0 aromatic heterocycles. The minimum Gasteiger partial charge on any atom is -0.391 e. The van der Waals surface area contributed by atoms with Crippen LogP contribution in [0, 0.1) is 17.1 Å². The maximum Gasteiger partial charge on any atom is 0.319 e. The number of aliphatic hydroxyl groups excluding tert-OH is 1. The van der Waals surface area contributed by atoms with Crippen molar-refractivity contribution < 1.29 is 14.3 Å². The molecule has 2 amide bonds. The second-order valence-electron chi connectivity index (χ2n) is 4.86. The lowest BCUT2D eigenvalue weighted by Gasteiger charge is -2.28. The van der Waals surface area contributed by atoms with Crippen LogP contribution in [0.2, 0.25) is 0 Å². The van der Waals surface area contributed by atoms with Gasteiger partial charge in [0, 0.05) is 0 Å². The Morgan fingerprint density at radius 3 is 2.80 bits per heavy atom. The first-order valence-electron chi connectivity index (χ1n) is 6.55. The van der Waals surface area contributed by atoms with Crippen LogP contribution in [0.1, 0.15) is 31.2 Å². The number of urea groups is 1. The van der Waals surface area contributed by atoms with Crippen LogP contribution in [0.5, 0.6) is 0 Å². The molecule has 5 nitrogen and oxygen atoms in total. The van der Waals surface area contributed by atoms with E-state index >= 15 is 0 Å². The number of nitrogens with zero attached hydrogens (tertiary/aromatic N) is 1. The van der Waals surface area contributed by atoms with E-state index in [-0.39, 0.29) is 17.3 Å². The summed E-state index contributed by atoms with van der Waals surface area (Å²) in [6.07, 6.45) is 2.72. The zero-order valence-electron chi connectivity index (χ0n) is 10.9. The Bertz CT molecular complexity index is 542. The zero-order valence-corrected chi connectivity index (χ0v) is 10.9. The predicted octanol–water partition coefficient (Wildman–Crippen LogP) is 2.12. The third-order valence-electron chi connectivity index (χ3n) is 3.39. The molecule has 106 valence electrons. The molecule has 1 fully saturated rings. The van der Waals surface area contributed by atoms with Gasteiger partial charge >= 0.3 is 6.03 Å². The number of halogens is 1. The molecule has 0 aliphatic heterocycles. The van der Waals surface area contributed by atoms with Gasteiger partial charge in [-0.2, -0.15) is 5.26 Å². The Balaban J connectivity index is 1.96. The number of carbonyl (C=O) groups excluding carboxylic acids is 1. The molecule has 0 bridgehead atoms. The summed E-state index contributed by atoms with van der Waals surface area (Å²) >= 11 is 0. The van der Waals surface area contributed by atoms with Crippen LogP contribution in [-0.4, -0.2) is 23.3 Å². The topological polar surface area (TPSA) is 85.2 Å². The van der Waals surface area contributed by atoms with Gasteiger partial charge in [0.2, 0.25) is 0 Å². The predicted molar refractivity (Wildman–Crippen MR) is 71.5 cm³/mol. The molecule has 1 aliphatic rings. The molecule has 1 aromatic carbocycles. The third kappa shape index (κ3) is 3.45. The van der Waals surface area contributed by atoms with Crippen LogP contribution in [-0.2, 0) is 0 Å². The first-order chi connectivity index (χ1) is 9.60. The van der Waals surface area contributed by atoms with Crippen LogP contribution < -0.4 is 10.6 Å². The van der Waals surface area contributed by atoms with Crippen molar-refractivity contribution in [1.29, 1.82) is 5.26 Å². The number of benzene rings is 1. The summed E-state index contributed by atoms with van der Waals surface area (Å²) in [6, 6.07) is 4.79. The molecule has 1 aromatic rings. The van der Waals surface area contributed by atoms with Crippen molar-refractivity contribution in [3.05, 3.63) is 29.6 Å². The van der Waals surface area contributed by atoms with Crippen molar-refractivity contribution in [2.75, 3.05) is 5.32 Å². The first kappa shape index (κ1) is 14.3. The van der Waals surface area contributed by atoms with Gasteiger partial charge in [0.05, 0.1) is 29.5 Å². The van der Waals surface area contributed by atoms with Crippen LogP contribution in [0.25, 0.3) is 0 Å². The molecule has 0 heterocycles. The molecule has 2 atom stereocenters. The molecular formula is C14H16FN3O2. The number of rotatable bonds is 2. The molecule has 6 heteroatoms. The Morgan fingerprint density at radius 1 is 1.40 bits per heavy atom. The van der Waals surface area contributed by atoms with Gasteiger partial charge in [-0.3, -0.25) is 0 Å². The fourth-order valence-electron chi connectivity index (χ4n) is 2.29. The first-order valence-corrected chi connectivity index (χ1v) is 6.55. The summed E-state index contributed by atoms with van der Waals surface area (Å²) in [4.78, 5) is 11.8. The average molecular weight is 277 g/mol. The fraction of sp³-hybridized carbons (Fsp3) is 0.429. The van der Waals surface area contributed by atoms with E-state index in [0.717, 1.165) is 18.9 Å². The second kappa shape index (κ2) is 6.35. The SMILES string of the molecule is N#Cc1ccc(NC(=O)N[C@H]2CCCC[C@@H]2O)c(F)c1. The maximum absolute atomic E-state index is 13.6. The van der Waals surface area contributed by atoms with Crippen LogP contribution in [0.15, 0.2) is 18.2 Å². The standard InChI is InChI=1S/C14H16FN3O2/c15-10-7-9(8-16)5-6-11(10)17-14(20)18-12-3-1-2-4-13(12)19/h5-7,12-13,19H,1-4H2,(H2,17,18,20)/t12-,13-/m0/s1. The van der Waals surface area contributed by atoms with E-state index in [9.17, 15) is 14.3 Å². The van der Waals surface area contributed by atoms with E-state index < -0.39 is 18.0 Å². The normalized spacial score (nSPS) is 21.9. The van der Waals surface area contributed by atoms with Crippen LogP contribution in [0.3, 0.4) is 0 Å². The van der Waals surface area contributed by atoms with Crippen molar-refractivity contribution in [3.63, 3.8) is 0 Å². The average Bonchev–Trinajstić information content (AvgIpc) is 2.43. The highest BCUT2D eigenvalue weighted by molar-refractivity contribution is 5.89. The van der Waals surface area contributed by atoms with Crippen molar-refractivity contribution in [2.45, 2.75) is 37.8 Å². The second-order valence-corrected chi connectivity index (χ2v) is 4.86. The number of nitrogens with one attached hydrogen (secondary N) is 2. The van der Waals surface area contributed by atoms with E-state index in [2.05, 4.69) is 10.6 Å². The molecule has 0 unspecified atom stereocenters. The summed E-state index contributed by atoms with van der Waals surface area (Å²) < 4.78 is 13.6. The Morgan fingerprint density at radius 2 is 2.15 bits per heavy atom. The van der Waals surface area contributed by atoms with Gasteiger partial charge in [0.1, 0.15) is 5.82 Å². The molecule has 0 radical (unpaired) electrons. The monoisotopic (exact) mass is 277 g/mol. The van der Waals surface area contributed by atoms with Gasteiger partial charge in [0.25, 0.3) is 0 Å². The summed E-state index contributed by atoms with van der Waals surface area (Å²) in [6.45, 7) is 0. The highest BCUT2D eigenvalue weighted by Crippen LogP contribution is 2.19. The lowest BCUT2D eigenvalue weighted by molar-refractivity contribution is 0.0955. The zero-order chi connectivity index (χ0) is 14.5. The Hall–Kier alpha value is -2.13. The number of amides is 2. The van der Waals surface area contributed by atoms with Gasteiger partial charge in [-0.15, -0.1) is 0 Å². The van der Waals surface area contributed by atoms with Crippen LogP contribution in [0.4, 0.5) is 14.9 Å². The lowest BCUT2D eigenvalue weighted by Crippen LogP contribution is -2.46. The summed E-state index contributed by atoms with van der Waals surface area (Å²) in [5.74, 6) is -0.664.